The van der Waals surface area contributed by atoms with Gasteiger partial charge in [0.1, 0.15) is 5.75 Å². The molecule has 0 aliphatic rings. The van der Waals surface area contributed by atoms with E-state index in [9.17, 15) is 13.2 Å². The van der Waals surface area contributed by atoms with E-state index in [-0.39, 0.29) is 6.54 Å². The van der Waals surface area contributed by atoms with E-state index < -0.39 is 11.9 Å². The molecule has 0 saturated carbocycles. The van der Waals surface area contributed by atoms with Crippen LogP contribution < -0.4 is 4.74 Å². The molecule has 0 N–H and O–H groups in total. The highest BCUT2D eigenvalue weighted by Gasteiger charge is 2.33. The normalized spacial score (nSPS) is 11.6. The number of para-hydroxylation sites is 1. The molecule has 0 fully saturated rings. The Morgan fingerprint density at radius 3 is 2.56 bits per heavy atom. The molecule has 0 aliphatic heterocycles. The summed E-state index contributed by atoms with van der Waals surface area (Å²) in [6.07, 6.45) is -3.11. The van der Waals surface area contributed by atoms with Gasteiger partial charge in [0.2, 0.25) is 0 Å². The van der Waals surface area contributed by atoms with E-state index in [1.165, 1.54) is 18.0 Å². The standard InChI is InChI=1S/C12H11F3N2O/c1-18-10-5-3-2-4-9(10)8-17-7-6-11(16-17)12(13,14)15/h2-7H,8H2,1H3. The Kier molecular flexibility index (Phi) is 3.27. The van der Waals surface area contributed by atoms with Crippen LogP contribution >= 0.6 is 0 Å². The molecule has 0 aliphatic carbocycles. The molecular weight excluding hydrogens is 245 g/mol. The summed E-state index contributed by atoms with van der Waals surface area (Å²) in [5.74, 6) is 0.626. The Bertz CT molecular complexity index is 534. The van der Waals surface area contributed by atoms with E-state index in [4.69, 9.17) is 4.74 Å². The molecule has 1 aromatic carbocycles. The minimum absolute atomic E-state index is 0.236. The van der Waals surface area contributed by atoms with Gasteiger partial charge in [-0.25, -0.2) is 0 Å². The lowest BCUT2D eigenvalue weighted by atomic mass is 10.2. The third-order valence-corrected chi connectivity index (χ3v) is 2.46. The van der Waals surface area contributed by atoms with Gasteiger partial charge in [-0.3, -0.25) is 4.68 Å². The number of methoxy groups -OCH3 is 1. The van der Waals surface area contributed by atoms with Crippen molar-refractivity contribution in [2.24, 2.45) is 0 Å². The van der Waals surface area contributed by atoms with Gasteiger partial charge < -0.3 is 4.74 Å². The molecule has 96 valence electrons. The highest BCUT2D eigenvalue weighted by atomic mass is 19.4. The highest BCUT2D eigenvalue weighted by Crippen LogP contribution is 2.27. The zero-order valence-electron chi connectivity index (χ0n) is 9.61. The van der Waals surface area contributed by atoms with Crippen LogP contribution in [0.3, 0.4) is 0 Å². The predicted molar refractivity (Wildman–Crippen MR) is 59.3 cm³/mol. The fraction of sp³-hybridized carbons (Fsp3) is 0.250. The molecule has 3 nitrogen and oxygen atoms in total. The Labute approximate surface area is 102 Å². The second-order valence-corrected chi connectivity index (χ2v) is 3.71. The summed E-state index contributed by atoms with van der Waals surface area (Å²) in [6.45, 7) is 0.236. The molecule has 1 heterocycles. The van der Waals surface area contributed by atoms with Crippen molar-refractivity contribution in [3.05, 3.63) is 47.8 Å². The summed E-state index contributed by atoms with van der Waals surface area (Å²) in [4.78, 5) is 0. The lowest BCUT2D eigenvalue weighted by Crippen LogP contribution is -2.08. The van der Waals surface area contributed by atoms with Gasteiger partial charge in [-0.05, 0) is 12.1 Å². The number of rotatable bonds is 3. The number of hydrogen-bond acceptors (Lipinski definition) is 2. The average molecular weight is 256 g/mol. The molecule has 0 bridgehead atoms. The Hall–Kier alpha value is -1.98. The van der Waals surface area contributed by atoms with Crippen molar-refractivity contribution in [3.63, 3.8) is 0 Å². The SMILES string of the molecule is COc1ccccc1Cn1ccc(C(F)(F)F)n1. The molecule has 0 radical (unpaired) electrons. The van der Waals surface area contributed by atoms with E-state index in [1.807, 2.05) is 0 Å². The Morgan fingerprint density at radius 2 is 1.94 bits per heavy atom. The highest BCUT2D eigenvalue weighted by molar-refractivity contribution is 5.33. The summed E-state index contributed by atoms with van der Waals surface area (Å²) in [5, 5.41) is 3.49. The topological polar surface area (TPSA) is 27.1 Å². The van der Waals surface area contributed by atoms with Gasteiger partial charge in [0, 0.05) is 11.8 Å². The zero-order valence-corrected chi connectivity index (χ0v) is 9.61. The number of benzene rings is 1. The Morgan fingerprint density at radius 1 is 1.22 bits per heavy atom. The largest absolute Gasteiger partial charge is 0.496 e. The van der Waals surface area contributed by atoms with Crippen LogP contribution in [0.25, 0.3) is 0 Å². The third kappa shape index (κ3) is 2.64. The van der Waals surface area contributed by atoms with Gasteiger partial charge in [-0.1, -0.05) is 18.2 Å². The van der Waals surface area contributed by atoms with Crippen LogP contribution in [0.15, 0.2) is 36.5 Å². The molecule has 2 rings (SSSR count). The fourth-order valence-corrected chi connectivity index (χ4v) is 1.61. The van der Waals surface area contributed by atoms with Crippen molar-refractivity contribution in [2.75, 3.05) is 7.11 Å². The van der Waals surface area contributed by atoms with Gasteiger partial charge in [0.05, 0.1) is 13.7 Å². The van der Waals surface area contributed by atoms with Gasteiger partial charge in [-0.15, -0.1) is 0 Å². The Balaban J connectivity index is 2.22. The smallest absolute Gasteiger partial charge is 0.435 e. The summed E-state index contributed by atoms with van der Waals surface area (Å²) in [7, 11) is 1.52. The van der Waals surface area contributed by atoms with Gasteiger partial charge >= 0.3 is 6.18 Å². The summed E-state index contributed by atoms with van der Waals surface area (Å²) in [5.41, 5.74) is -0.116. The molecule has 0 atom stereocenters. The molecule has 0 saturated heterocycles. The van der Waals surface area contributed by atoms with E-state index in [0.29, 0.717) is 5.75 Å². The van der Waals surface area contributed by atoms with Crippen molar-refractivity contribution in [3.8, 4) is 5.75 Å². The number of alkyl halides is 3. The molecule has 1 aromatic heterocycles. The van der Waals surface area contributed by atoms with Gasteiger partial charge in [0.25, 0.3) is 0 Å². The van der Waals surface area contributed by atoms with Gasteiger partial charge in [0.15, 0.2) is 5.69 Å². The van der Waals surface area contributed by atoms with E-state index in [1.54, 1.807) is 24.3 Å². The minimum Gasteiger partial charge on any atom is -0.496 e. The molecule has 0 amide bonds. The van der Waals surface area contributed by atoms with Crippen molar-refractivity contribution >= 4 is 0 Å². The van der Waals surface area contributed by atoms with E-state index in [2.05, 4.69) is 5.10 Å². The van der Waals surface area contributed by atoms with Crippen LogP contribution in [-0.4, -0.2) is 16.9 Å². The second kappa shape index (κ2) is 4.72. The van der Waals surface area contributed by atoms with Crippen molar-refractivity contribution in [1.29, 1.82) is 0 Å². The maximum atomic E-state index is 12.4. The molecule has 18 heavy (non-hydrogen) atoms. The van der Waals surface area contributed by atoms with E-state index >= 15 is 0 Å². The predicted octanol–water partition coefficient (Wildman–Crippen LogP) is 2.96. The van der Waals surface area contributed by atoms with Crippen molar-refractivity contribution in [2.45, 2.75) is 12.7 Å². The average Bonchev–Trinajstić information content (AvgIpc) is 2.78. The molecule has 0 spiro atoms. The van der Waals surface area contributed by atoms with Crippen LogP contribution in [0.1, 0.15) is 11.3 Å². The first-order valence-corrected chi connectivity index (χ1v) is 5.23. The first-order chi connectivity index (χ1) is 8.50. The third-order valence-electron chi connectivity index (χ3n) is 2.46. The molecular formula is C12H11F3N2O. The monoisotopic (exact) mass is 256 g/mol. The molecule has 0 unspecified atom stereocenters. The van der Waals surface area contributed by atoms with Crippen LogP contribution in [0.4, 0.5) is 13.2 Å². The lowest BCUT2D eigenvalue weighted by Gasteiger charge is -2.08. The quantitative estimate of drug-likeness (QED) is 0.844. The molecule has 6 heteroatoms. The number of ether oxygens (including phenoxy) is 1. The van der Waals surface area contributed by atoms with Crippen molar-refractivity contribution in [1.82, 2.24) is 9.78 Å². The first kappa shape index (κ1) is 12.5. The molecule has 2 aromatic rings. The van der Waals surface area contributed by atoms with E-state index in [0.717, 1.165) is 11.6 Å². The lowest BCUT2D eigenvalue weighted by molar-refractivity contribution is -0.141. The fourth-order valence-electron chi connectivity index (χ4n) is 1.61. The maximum absolute atomic E-state index is 12.4. The summed E-state index contributed by atoms with van der Waals surface area (Å²) >= 11 is 0. The minimum atomic E-state index is -4.41. The zero-order chi connectivity index (χ0) is 13.2. The number of hydrogen-bond donors (Lipinski definition) is 0. The maximum Gasteiger partial charge on any atom is 0.435 e. The van der Waals surface area contributed by atoms with Crippen LogP contribution in [-0.2, 0) is 12.7 Å². The number of aromatic nitrogens is 2. The van der Waals surface area contributed by atoms with Gasteiger partial charge in [-0.2, -0.15) is 18.3 Å². The second-order valence-electron chi connectivity index (χ2n) is 3.71. The summed E-state index contributed by atoms with van der Waals surface area (Å²) < 4.78 is 43.5. The van der Waals surface area contributed by atoms with Crippen LogP contribution in [0.2, 0.25) is 0 Å². The summed E-state index contributed by atoms with van der Waals surface area (Å²) in [6, 6.07) is 8.09. The van der Waals surface area contributed by atoms with Crippen LogP contribution in [0.5, 0.6) is 5.75 Å². The first-order valence-electron chi connectivity index (χ1n) is 5.23. The number of nitrogens with zero attached hydrogens (tertiary/aromatic N) is 2. The van der Waals surface area contributed by atoms with Crippen LogP contribution in [0, 0.1) is 0 Å². The number of halogens is 3. The van der Waals surface area contributed by atoms with Crippen molar-refractivity contribution < 1.29 is 17.9 Å².